The summed E-state index contributed by atoms with van der Waals surface area (Å²) in [5.41, 5.74) is 2.26. The lowest BCUT2D eigenvalue weighted by atomic mass is 10.2. The molecule has 0 spiro atoms. The van der Waals surface area contributed by atoms with Gasteiger partial charge in [-0.15, -0.1) is 0 Å². The van der Waals surface area contributed by atoms with Gasteiger partial charge in [-0.25, -0.2) is 4.79 Å². The van der Waals surface area contributed by atoms with Crippen LogP contribution in [0.25, 0.3) is 0 Å². The summed E-state index contributed by atoms with van der Waals surface area (Å²) in [6, 6.07) is 8.58. The number of halogens is 1. The Morgan fingerprint density at radius 3 is 2.57 bits per heavy atom. The monoisotopic (exact) mass is 348 g/mol. The summed E-state index contributed by atoms with van der Waals surface area (Å²) < 4.78 is 5.37. The van der Waals surface area contributed by atoms with E-state index in [9.17, 15) is 9.59 Å². The molecule has 0 radical (unpaired) electrons. The van der Waals surface area contributed by atoms with Crippen molar-refractivity contribution in [2.24, 2.45) is 0 Å². The van der Waals surface area contributed by atoms with Gasteiger partial charge in [0.25, 0.3) is 5.91 Å². The molecule has 2 rings (SSSR count). The van der Waals surface area contributed by atoms with E-state index in [0.29, 0.717) is 11.3 Å². The molecule has 1 aromatic heterocycles. The van der Waals surface area contributed by atoms with Gasteiger partial charge in [0.2, 0.25) is 0 Å². The van der Waals surface area contributed by atoms with Crippen LogP contribution >= 0.6 is 15.9 Å². The third-order valence-corrected chi connectivity index (χ3v) is 3.45. The molecule has 2 aromatic rings. The van der Waals surface area contributed by atoms with Gasteiger partial charge in [0.05, 0.1) is 18.4 Å². The molecule has 6 heteroatoms. The molecule has 108 valence electrons. The smallest absolute Gasteiger partial charge is 0.339 e. The molecule has 0 saturated carbocycles. The number of rotatable bonds is 3. The van der Waals surface area contributed by atoms with E-state index in [4.69, 9.17) is 0 Å². The van der Waals surface area contributed by atoms with Crippen LogP contribution in [0.5, 0.6) is 0 Å². The first kappa shape index (κ1) is 15.2. The number of ether oxygens (including phenoxy) is 1. The Kier molecular flexibility index (Phi) is 4.70. The SMILES string of the molecule is COC(=O)c1ccc(C(=O)Nc2ccc(C)cc2Br)nc1. The van der Waals surface area contributed by atoms with Gasteiger partial charge in [-0.05, 0) is 52.7 Å². The first-order valence-electron chi connectivity index (χ1n) is 6.13. The maximum absolute atomic E-state index is 12.1. The molecule has 1 heterocycles. The molecule has 1 N–H and O–H groups in total. The highest BCUT2D eigenvalue weighted by atomic mass is 79.9. The van der Waals surface area contributed by atoms with Gasteiger partial charge in [0.1, 0.15) is 5.69 Å². The van der Waals surface area contributed by atoms with Crippen LogP contribution in [0.1, 0.15) is 26.4 Å². The number of amides is 1. The molecular weight excluding hydrogens is 336 g/mol. The van der Waals surface area contributed by atoms with Crippen LogP contribution in [0, 0.1) is 6.92 Å². The molecule has 0 aliphatic rings. The van der Waals surface area contributed by atoms with E-state index in [2.05, 4.69) is 31.0 Å². The summed E-state index contributed by atoms with van der Waals surface area (Å²) >= 11 is 3.39. The predicted molar refractivity (Wildman–Crippen MR) is 82.4 cm³/mol. The van der Waals surface area contributed by atoms with Crippen molar-refractivity contribution in [2.75, 3.05) is 12.4 Å². The van der Waals surface area contributed by atoms with E-state index in [1.54, 1.807) is 6.07 Å². The second-order valence-corrected chi connectivity index (χ2v) is 5.22. The number of aromatic nitrogens is 1. The third-order valence-electron chi connectivity index (χ3n) is 2.79. The molecule has 1 amide bonds. The van der Waals surface area contributed by atoms with Gasteiger partial charge < -0.3 is 10.1 Å². The highest BCUT2D eigenvalue weighted by Crippen LogP contribution is 2.23. The number of carbonyl (C=O) groups excluding carboxylic acids is 2. The molecule has 0 aliphatic carbocycles. The van der Waals surface area contributed by atoms with E-state index in [0.717, 1.165) is 10.0 Å². The highest BCUT2D eigenvalue weighted by molar-refractivity contribution is 9.10. The van der Waals surface area contributed by atoms with E-state index in [1.165, 1.54) is 25.4 Å². The molecule has 21 heavy (non-hydrogen) atoms. The van der Waals surface area contributed by atoms with E-state index in [1.807, 2.05) is 19.1 Å². The number of benzene rings is 1. The number of hydrogen-bond acceptors (Lipinski definition) is 4. The quantitative estimate of drug-likeness (QED) is 0.865. The fourth-order valence-electron chi connectivity index (χ4n) is 1.67. The average Bonchev–Trinajstić information content (AvgIpc) is 2.49. The van der Waals surface area contributed by atoms with Crippen LogP contribution in [0.15, 0.2) is 41.0 Å². The highest BCUT2D eigenvalue weighted by Gasteiger charge is 2.12. The summed E-state index contributed by atoms with van der Waals surface area (Å²) in [5.74, 6) is -0.841. The molecule has 0 unspecified atom stereocenters. The maximum atomic E-state index is 12.1. The zero-order valence-corrected chi connectivity index (χ0v) is 13.1. The molecule has 0 aliphatic heterocycles. The van der Waals surface area contributed by atoms with Crippen molar-refractivity contribution in [3.63, 3.8) is 0 Å². The van der Waals surface area contributed by atoms with Crippen LogP contribution in [-0.2, 0) is 4.74 Å². The number of nitrogens with zero attached hydrogens (tertiary/aromatic N) is 1. The Hall–Kier alpha value is -2.21. The third kappa shape index (κ3) is 3.66. The summed E-state index contributed by atoms with van der Waals surface area (Å²) in [6.07, 6.45) is 1.31. The number of esters is 1. The molecular formula is C15H13BrN2O3. The Morgan fingerprint density at radius 2 is 2.00 bits per heavy atom. The molecule has 5 nitrogen and oxygen atoms in total. The normalized spacial score (nSPS) is 10.0. The lowest BCUT2D eigenvalue weighted by Crippen LogP contribution is -2.14. The topological polar surface area (TPSA) is 68.3 Å². The lowest BCUT2D eigenvalue weighted by Gasteiger charge is -2.08. The zero-order valence-electron chi connectivity index (χ0n) is 11.5. The van der Waals surface area contributed by atoms with E-state index in [-0.39, 0.29) is 11.6 Å². The van der Waals surface area contributed by atoms with Crippen LogP contribution in [0.3, 0.4) is 0 Å². The zero-order chi connectivity index (χ0) is 15.4. The van der Waals surface area contributed by atoms with Crippen LogP contribution < -0.4 is 5.32 Å². The van der Waals surface area contributed by atoms with Crippen molar-refractivity contribution in [2.45, 2.75) is 6.92 Å². The summed E-state index contributed by atoms with van der Waals surface area (Å²) in [7, 11) is 1.29. The van der Waals surface area contributed by atoms with E-state index >= 15 is 0 Å². The van der Waals surface area contributed by atoms with Gasteiger partial charge >= 0.3 is 5.97 Å². The number of methoxy groups -OCH3 is 1. The van der Waals surface area contributed by atoms with Crippen LogP contribution in [-0.4, -0.2) is 24.0 Å². The van der Waals surface area contributed by atoms with E-state index < -0.39 is 5.97 Å². The van der Waals surface area contributed by atoms with Gasteiger partial charge in [0.15, 0.2) is 0 Å². The fraction of sp³-hybridized carbons (Fsp3) is 0.133. The number of anilines is 1. The number of aryl methyl sites for hydroxylation is 1. The van der Waals surface area contributed by atoms with Crippen LogP contribution in [0.2, 0.25) is 0 Å². The minimum absolute atomic E-state index is 0.218. The molecule has 0 atom stereocenters. The Morgan fingerprint density at radius 1 is 1.24 bits per heavy atom. The van der Waals surface area contributed by atoms with Crippen molar-refractivity contribution in [3.8, 4) is 0 Å². The minimum atomic E-state index is -0.490. The molecule has 1 aromatic carbocycles. The predicted octanol–water partition coefficient (Wildman–Crippen LogP) is 3.19. The summed E-state index contributed by atoms with van der Waals surface area (Å²) in [5, 5.41) is 2.75. The van der Waals surface area contributed by atoms with Crippen molar-refractivity contribution < 1.29 is 14.3 Å². The van der Waals surface area contributed by atoms with Crippen molar-refractivity contribution in [1.82, 2.24) is 4.98 Å². The summed E-state index contributed by atoms with van der Waals surface area (Å²) in [6.45, 7) is 1.96. The van der Waals surface area contributed by atoms with Gasteiger partial charge in [-0.1, -0.05) is 6.07 Å². The molecule has 0 bridgehead atoms. The Balaban J connectivity index is 2.15. The molecule has 0 fully saturated rings. The minimum Gasteiger partial charge on any atom is -0.465 e. The molecule has 0 saturated heterocycles. The maximum Gasteiger partial charge on any atom is 0.339 e. The number of nitrogens with one attached hydrogen (secondary N) is 1. The number of hydrogen-bond donors (Lipinski definition) is 1. The van der Waals surface area contributed by atoms with Gasteiger partial charge in [0, 0.05) is 10.7 Å². The second-order valence-electron chi connectivity index (χ2n) is 4.36. The number of pyridine rings is 1. The lowest BCUT2D eigenvalue weighted by molar-refractivity contribution is 0.0600. The van der Waals surface area contributed by atoms with Gasteiger partial charge in [-0.2, -0.15) is 0 Å². The van der Waals surface area contributed by atoms with Crippen molar-refractivity contribution in [1.29, 1.82) is 0 Å². The van der Waals surface area contributed by atoms with Crippen LogP contribution in [0.4, 0.5) is 5.69 Å². The standard InChI is InChI=1S/C15H13BrN2O3/c1-9-3-5-12(11(16)7-9)18-14(19)13-6-4-10(8-17-13)15(20)21-2/h3-8H,1-2H3,(H,18,19). The first-order chi connectivity index (χ1) is 10.0. The van der Waals surface area contributed by atoms with Crippen molar-refractivity contribution >= 4 is 33.5 Å². The summed E-state index contributed by atoms with van der Waals surface area (Å²) in [4.78, 5) is 27.3. The average molecular weight is 349 g/mol. The van der Waals surface area contributed by atoms with Crippen molar-refractivity contribution in [3.05, 3.63) is 57.8 Å². The first-order valence-corrected chi connectivity index (χ1v) is 6.92. The Labute approximate surface area is 130 Å². The van der Waals surface area contributed by atoms with Gasteiger partial charge in [-0.3, -0.25) is 9.78 Å². The fourth-order valence-corrected chi connectivity index (χ4v) is 2.27. The second kappa shape index (κ2) is 6.49. The number of carbonyl (C=O) groups is 2. The largest absolute Gasteiger partial charge is 0.465 e. The Bertz CT molecular complexity index is 684.